The minimum atomic E-state index is 0.551. The minimum absolute atomic E-state index is 0.551. The quantitative estimate of drug-likeness (QED) is 0.643. The van der Waals surface area contributed by atoms with E-state index in [4.69, 9.17) is 0 Å². The zero-order valence-electron chi connectivity index (χ0n) is 13.6. The standard InChI is InChI=1S/C17H26N2S2/c1-11(2)8-14(9-12(3)4)18-13-6-7-15-16(10-13)21-17(19-15)20-5/h6-7,10-12,14,18H,8-9H2,1-5H3. The summed E-state index contributed by atoms with van der Waals surface area (Å²) in [6.45, 7) is 9.19. The van der Waals surface area contributed by atoms with E-state index in [1.807, 2.05) is 0 Å². The van der Waals surface area contributed by atoms with Crippen LogP contribution in [0.25, 0.3) is 10.2 Å². The summed E-state index contributed by atoms with van der Waals surface area (Å²) >= 11 is 3.50. The molecule has 0 aliphatic rings. The Morgan fingerprint density at radius 1 is 1.14 bits per heavy atom. The second-order valence-corrected chi connectivity index (χ2v) is 8.55. The van der Waals surface area contributed by atoms with Crippen molar-refractivity contribution < 1.29 is 0 Å². The van der Waals surface area contributed by atoms with Gasteiger partial charge in [0.15, 0.2) is 4.34 Å². The Labute approximate surface area is 136 Å². The van der Waals surface area contributed by atoms with Crippen LogP contribution in [0, 0.1) is 11.8 Å². The lowest BCUT2D eigenvalue weighted by Gasteiger charge is -2.23. The Balaban J connectivity index is 2.15. The molecular formula is C17H26N2S2. The molecule has 0 atom stereocenters. The summed E-state index contributed by atoms with van der Waals surface area (Å²) in [6.07, 6.45) is 4.52. The van der Waals surface area contributed by atoms with Crippen molar-refractivity contribution in [3.8, 4) is 0 Å². The topological polar surface area (TPSA) is 24.9 Å². The van der Waals surface area contributed by atoms with Gasteiger partial charge in [0.25, 0.3) is 0 Å². The molecule has 0 aliphatic carbocycles. The molecule has 4 heteroatoms. The van der Waals surface area contributed by atoms with E-state index in [-0.39, 0.29) is 0 Å². The zero-order valence-corrected chi connectivity index (χ0v) is 15.3. The van der Waals surface area contributed by atoms with E-state index in [0.717, 1.165) is 21.7 Å². The normalized spacial score (nSPS) is 12.0. The number of thiazole rings is 1. The SMILES string of the molecule is CSc1nc2ccc(NC(CC(C)C)CC(C)C)cc2s1. The molecule has 116 valence electrons. The van der Waals surface area contributed by atoms with Gasteiger partial charge in [-0.05, 0) is 49.1 Å². The Kier molecular flexibility index (Phi) is 5.94. The fourth-order valence-electron chi connectivity index (χ4n) is 2.67. The molecule has 0 amide bonds. The average Bonchev–Trinajstić information content (AvgIpc) is 2.79. The average molecular weight is 323 g/mol. The van der Waals surface area contributed by atoms with E-state index in [9.17, 15) is 0 Å². The molecule has 1 aromatic heterocycles. The number of aromatic nitrogens is 1. The van der Waals surface area contributed by atoms with Gasteiger partial charge in [0.1, 0.15) is 0 Å². The lowest BCUT2D eigenvalue weighted by molar-refractivity contribution is 0.442. The predicted molar refractivity (Wildman–Crippen MR) is 97.7 cm³/mol. The van der Waals surface area contributed by atoms with Crippen LogP contribution >= 0.6 is 23.1 Å². The number of thioether (sulfide) groups is 1. The van der Waals surface area contributed by atoms with E-state index < -0.39 is 0 Å². The van der Waals surface area contributed by atoms with Crippen LogP contribution in [0.3, 0.4) is 0 Å². The van der Waals surface area contributed by atoms with Crippen molar-refractivity contribution in [1.29, 1.82) is 0 Å². The van der Waals surface area contributed by atoms with Gasteiger partial charge < -0.3 is 5.32 Å². The molecule has 0 aliphatic heterocycles. The Morgan fingerprint density at radius 2 is 1.81 bits per heavy atom. The molecule has 0 fully saturated rings. The number of rotatable bonds is 7. The highest BCUT2D eigenvalue weighted by Gasteiger charge is 2.13. The minimum Gasteiger partial charge on any atom is -0.382 e. The first-order chi connectivity index (χ1) is 9.97. The Bertz CT molecular complexity index is 565. The summed E-state index contributed by atoms with van der Waals surface area (Å²) in [4.78, 5) is 4.60. The first-order valence-corrected chi connectivity index (χ1v) is 9.73. The molecule has 0 saturated carbocycles. The number of benzene rings is 1. The number of hydrogen-bond donors (Lipinski definition) is 1. The molecule has 0 bridgehead atoms. The van der Waals surface area contributed by atoms with E-state index in [2.05, 4.69) is 62.5 Å². The van der Waals surface area contributed by atoms with Crippen molar-refractivity contribution in [2.45, 2.75) is 50.9 Å². The lowest BCUT2D eigenvalue weighted by Crippen LogP contribution is -2.23. The van der Waals surface area contributed by atoms with E-state index in [1.54, 1.807) is 23.1 Å². The second-order valence-electron chi connectivity index (χ2n) is 6.47. The van der Waals surface area contributed by atoms with Crippen molar-refractivity contribution in [2.75, 3.05) is 11.6 Å². The highest BCUT2D eigenvalue weighted by Crippen LogP contribution is 2.30. The van der Waals surface area contributed by atoms with Gasteiger partial charge >= 0.3 is 0 Å². The molecule has 0 spiro atoms. The number of fused-ring (bicyclic) bond motifs is 1. The summed E-state index contributed by atoms with van der Waals surface area (Å²) in [5.41, 5.74) is 2.34. The van der Waals surface area contributed by atoms with Crippen LogP contribution in [0.4, 0.5) is 5.69 Å². The molecule has 0 saturated heterocycles. The lowest BCUT2D eigenvalue weighted by atomic mass is 9.95. The van der Waals surface area contributed by atoms with Crippen LogP contribution in [0.5, 0.6) is 0 Å². The molecule has 1 heterocycles. The third-order valence-electron chi connectivity index (χ3n) is 3.43. The van der Waals surface area contributed by atoms with Crippen molar-refractivity contribution in [1.82, 2.24) is 4.98 Å². The molecule has 21 heavy (non-hydrogen) atoms. The highest BCUT2D eigenvalue weighted by molar-refractivity contribution is 8.00. The van der Waals surface area contributed by atoms with Crippen molar-refractivity contribution in [3.05, 3.63) is 18.2 Å². The third kappa shape index (κ3) is 4.89. The van der Waals surface area contributed by atoms with Gasteiger partial charge in [0, 0.05) is 11.7 Å². The van der Waals surface area contributed by atoms with E-state index >= 15 is 0 Å². The van der Waals surface area contributed by atoms with Crippen LogP contribution in [-0.4, -0.2) is 17.3 Å². The molecule has 1 N–H and O–H groups in total. The summed E-state index contributed by atoms with van der Waals surface area (Å²) in [7, 11) is 0. The maximum atomic E-state index is 4.60. The van der Waals surface area contributed by atoms with Crippen molar-refractivity contribution in [3.63, 3.8) is 0 Å². The number of anilines is 1. The fourth-order valence-corrected chi connectivity index (χ4v) is 4.20. The third-order valence-corrected chi connectivity index (χ3v) is 5.43. The largest absolute Gasteiger partial charge is 0.382 e. The van der Waals surface area contributed by atoms with Crippen LogP contribution in [0.1, 0.15) is 40.5 Å². The summed E-state index contributed by atoms with van der Waals surface area (Å²) in [5.74, 6) is 1.44. The van der Waals surface area contributed by atoms with Gasteiger partial charge in [-0.25, -0.2) is 4.98 Å². The molecule has 2 rings (SSSR count). The number of nitrogens with zero attached hydrogens (tertiary/aromatic N) is 1. The van der Waals surface area contributed by atoms with Crippen molar-refractivity contribution >= 4 is 39.0 Å². The van der Waals surface area contributed by atoms with Crippen LogP contribution in [0.15, 0.2) is 22.5 Å². The molecule has 0 unspecified atom stereocenters. The Morgan fingerprint density at radius 3 is 2.38 bits per heavy atom. The number of hydrogen-bond acceptors (Lipinski definition) is 4. The predicted octanol–water partition coefficient (Wildman–Crippen LogP) is 5.89. The van der Waals surface area contributed by atoms with Gasteiger partial charge in [-0.2, -0.15) is 0 Å². The molecule has 1 aromatic carbocycles. The van der Waals surface area contributed by atoms with Crippen molar-refractivity contribution in [2.24, 2.45) is 11.8 Å². The smallest absolute Gasteiger partial charge is 0.150 e. The van der Waals surface area contributed by atoms with Crippen LogP contribution < -0.4 is 5.32 Å². The Hall–Kier alpha value is -0.740. The monoisotopic (exact) mass is 322 g/mol. The van der Waals surface area contributed by atoms with E-state index in [1.165, 1.54) is 23.2 Å². The van der Waals surface area contributed by atoms with Crippen LogP contribution in [-0.2, 0) is 0 Å². The maximum Gasteiger partial charge on any atom is 0.150 e. The second kappa shape index (κ2) is 7.50. The summed E-state index contributed by atoms with van der Waals surface area (Å²) in [5, 5.41) is 3.73. The summed E-state index contributed by atoms with van der Waals surface area (Å²) in [6, 6.07) is 7.10. The number of nitrogens with one attached hydrogen (secondary N) is 1. The van der Waals surface area contributed by atoms with Gasteiger partial charge in [0.05, 0.1) is 10.2 Å². The summed E-state index contributed by atoms with van der Waals surface area (Å²) < 4.78 is 2.42. The maximum absolute atomic E-state index is 4.60. The van der Waals surface area contributed by atoms with Gasteiger partial charge in [-0.1, -0.05) is 39.5 Å². The first kappa shape index (κ1) is 16.6. The van der Waals surface area contributed by atoms with Crippen LogP contribution in [0.2, 0.25) is 0 Å². The molecule has 2 nitrogen and oxygen atoms in total. The van der Waals surface area contributed by atoms with Gasteiger partial charge in [-0.15, -0.1) is 11.3 Å². The fraction of sp³-hybridized carbons (Fsp3) is 0.588. The van der Waals surface area contributed by atoms with Gasteiger partial charge in [0.2, 0.25) is 0 Å². The molecule has 0 radical (unpaired) electrons. The van der Waals surface area contributed by atoms with Gasteiger partial charge in [-0.3, -0.25) is 0 Å². The van der Waals surface area contributed by atoms with E-state index in [0.29, 0.717) is 6.04 Å². The molecular weight excluding hydrogens is 296 g/mol. The highest BCUT2D eigenvalue weighted by atomic mass is 32.2. The zero-order chi connectivity index (χ0) is 15.4. The molecule has 2 aromatic rings. The first-order valence-electron chi connectivity index (χ1n) is 7.69.